The molecule has 0 aromatic heterocycles. The van der Waals surface area contributed by atoms with E-state index in [4.69, 9.17) is 33.7 Å². The van der Waals surface area contributed by atoms with Gasteiger partial charge in [0.2, 0.25) is 0 Å². The molecule has 5 heteroatoms. The van der Waals surface area contributed by atoms with Crippen molar-refractivity contribution >= 4 is 39.1 Å². The summed E-state index contributed by atoms with van der Waals surface area (Å²) in [6, 6.07) is 10.7. The molecule has 1 atom stereocenters. The van der Waals surface area contributed by atoms with E-state index in [1.54, 1.807) is 18.2 Å². The zero-order chi connectivity index (χ0) is 14.0. The second kappa shape index (κ2) is 6.14. The summed E-state index contributed by atoms with van der Waals surface area (Å²) in [4.78, 5) is 0. The van der Waals surface area contributed by atoms with E-state index in [2.05, 4.69) is 15.9 Å². The molecule has 2 aromatic rings. The molecule has 2 N–H and O–H groups in total. The maximum absolute atomic E-state index is 6.05. The quantitative estimate of drug-likeness (QED) is 0.776. The number of rotatable bonds is 3. The first-order valence-corrected chi connectivity index (χ1v) is 7.20. The summed E-state index contributed by atoms with van der Waals surface area (Å²) in [5.74, 6) is 1.19. The Kier molecular flexibility index (Phi) is 4.74. The smallest absolute Gasteiger partial charge is 0.147 e. The minimum atomic E-state index is -0.0433. The van der Waals surface area contributed by atoms with E-state index in [-0.39, 0.29) is 6.04 Å². The average molecular weight is 361 g/mol. The van der Waals surface area contributed by atoms with Crippen LogP contribution in [-0.2, 0) is 0 Å². The predicted octanol–water partition coefficient (Wildman–Crippen LogP) is 5.57. The topological polar surface area (TPSA) is 35.2 Å². The van der Waals surface area contributed by atoms with Gasteiger partial charge in [0.25, 0.3) is 0 Å². The van der Waals surface area contributed by atoms with Crippen molar-refractivity contribution in [2.75, 3.05) is 0 Å². The van der Waals surface area contributed by atoms with Gasteiger partial charge in [-0.1, -0.05) is 45.2 Å². The van der Waals surface area contributed by atoms with Gasteiger partial charge in [0.15, 0.2) is 0 Å². The number of ether oxygens (including phenoxy) is 1. The Morgan fingerprint density at radius 1 is 1.16 bits per heavy atom. The maximum Gasteiger partial charge on any atom is 0.147 e. The van der Waals surface area contributed by atoms with E-state index in [0.29, 0.717) is 21.5 Å². The first-order valence-electron chi connectivity index (χ1n) is 5.65. The molecule has 0 saturated heterocycles. The maximum atomic E-state index is 6.05. The molecular formula is C14H12BrCl2NO. The van der Waals surface area contributed by atoms with Gasteiger partial charge < -0.3 is 10.5 Å². The van der Waals surface area contributed by atoms with Crippen molar-refractivity contribution < 1.29 is 4.74 Å². The van der Waals surface area contributed by atoms with Crippen LogP contribution in [0.5, 0.6) is 11.5 Å². The Morgan fingerprint density at radius 3 is 2.53 bits per heavy atom. The van der Waals surface area contributed by atoms with Crippen LogP contribution in [0.4, 0.5) is 0 Å². The van der Waals surface area contributed by atoms with Crippen molar-refractivity contribution in [3.8, 4) is 11.5 Å². The lowest BCUT2D eigenvalue weighted by Crippen LogP contribution is -2.05. The molecule has 0 unspecified atom stereocenters. The van der Waals surface area contributed by atoms with E-state index in [0.717, 1.165) is 10.0 Å². The van der Waals surface area contributed by atoms with Crippen molar-refractivity contribution in [1.29, 1.82) is 0 Å². The molecule has 2 aromatic carbocycles. The van der Waals surface area contributed by atoms with Gasteiger partial charge in [-0.25, -0.2) is 0 Å². The molecule has 0 aliphatic rings. The molecule has 19 heavy (non-hydrogen) atoms. The van der Waals surface area contributed by atoms with Gasteiger partial charge in [-0.15, -0.1) is 0 Å². The van der Waals surface area contributed by atoms with Crippen LogP contribution in [0.15, 0.2) is 40.9 Å². The summed E-state index contributed by atoms with van der Waals surface area (Å²) in [5.41, 5.74) is 6.87. The van der Waals surface area contributed by atoms with Crippen LogP contribution < -0.4 is 10.5 Å². The van der Waals surface area contributed by atoms with Gasteiger partial charge in [0.05, 0.1) is 5.02 Å². The first-order chi connectivity index (χ1) is 8.97. The second-order valence-corrected chi connectivity index (χ2v) is 5.85. The zero-order valence-electron chi connectivity index (χ0n) is 10.2. The monoisotopic (exact) mass is 359 g/mol. The van der Waals surface area contributed by atoms with Crippen molar-refractivity contribution in [1.82, 2.24) is 0 Å². The van der Waals surface area contributed by atoms with E-state index < -0.39 is 0 Å². The molecule has 0 saturated carbocycles. The Bertz CT molecular complexity index is 602. The van der Waals surface area contributed by atoms with Gasteiger partial charge in [-0.05, 0) is 36.8 Å². The Labute approximate surface area is 130 Å². The van der Waals surface area contributed by atoms with Crippen molar-refractivity contribution in [3.63, 3.8) is 0 Å². The number of halogens is 3. The van der Waals surface area contributed by atoms with Crippen LogP contribution in [0.3, 0.4) is 0 Å². The van der Waals surface area contributed by atoms with Crippen molar-refractivity contribution in [2.45, 2.75) is 13.0 Å². The summed E-state index contributed by atoms with van der Waals surface area (Å²) >= 11 is 15.4. The van der Waals surface area contributed by atoms with Gasteiger partial charge >= 0.3 is 0 Å². The van der Waals surface area contributed by atoms with Gasteiger partial charge in [-0.2, -0.15) is 0 Å². The van der Waals surface area contributed by atoms with E-state index in [1.165, 1.54) is 0 Å². The third kappa shape index (κ3) is 3.63. The summed E-state index contributed by atoms with van der Waals surface area (Å²) in [5, 5.41) is 1.09. The minimum Gasteiger partial charge on any atom is -0.456 e. The van der Waals surface area contributed by atoms with E-state index >= 15 is 0 Å². The highest BCUT2D eigenvalue weighted by Gasteiger charge is 2.08. The zero-order valence-corrected chi connectivity index (χ0v) is 13.3. The summed E-state index contributed by atoms with van der Waals surface area (Å²) in [6.07, 6.45) is 0. The molecule has 100 valence electrons. The number of nitrogens with two attached hydrogens (primary N) is 1. The lowest BCUT2D eigenvalue weighted by molar-refractivity contribution is 0.482. The SMILES string of the molecule is C[C@H](N)c1ccc(Oc2cc(Cl)ccc2Cl)cc1Br. The molecule has 0 fully saturated rings. The van der Waals surface area contributed by atoms with Gasteiger partial charge in [-0.3, -0.25) is 0 Å². The average Bonchev–Trinajstić information content (AvgIpc) is 2.33. The fourth-order valence-corrected chi connectivity index (χ4v) is 2.66. The largest absolute Gasteiger partial charge is 0.456 e. The fourth-order valence-electron chi connectivity index (χ4n) is 1.62. The number of hydrogen-bond acceptors (Lipinski definition) is 2. The van der Waals surface area contributed by atoms with Crippen molar-refractivity contribution in [3.05, 3.63) is 56.5 Å². The fraction of sp³-hybridized carbons (Fsp3) is 0.143. The van der Waals surface area contributed by atoms with Crippen LogP contribution >= 0.6 is 39.1 Å². The molecule has 0 aliphatic carbocycles. The molecule has 0 bridgehead atoms. The molecule has 0 heterocycles. The lowest BCUT2D eigenvalue weighted by Gasteiger charge is -2.12. The highest BCUT2D eigenvalue weighted by Crippen LogP contribution is 2.34. The minimum absolute atomic E-state index is 0.0433. The molecule has 0 aliphatic heterocycles. The van der Waals surface area contributed by atoms with Gasteiger partial charge in [0.1, 0.15) is 11.5 Å². The number of hydrogen-bond donors (Lipinski definition) is 1. The Hall–Kier alpha value is -0.740. The lowest BCUT2D eigenvalue weighted by atomic mass is 10.1. The van der Waals surface area contributed by atoms with Crippen LogP contribution in [0.25, 0.3) is 0 Å². The summed E-state index contributed by atoms with van der Waals surface area (Å²) < 4.78 is 6.62. The van der Waals surface area contributed by atoms with Crippen LogP contribution in [-0.4, -0.2) is 0 Å². The van der Waals surface area contributed by atoms with Gasteiger partial charge in [0, 0.05) is 21.6 Å². The van der Waals surface area contributed by atoms with Crippen LogP contribution in [0.2, 0.25) is 10.0 Å². The van der Waals surface area contributed by atoms with Crippen LogP contribution in [0, 0.1) is 0 Å². The van der Waals surface area contributed by atoms with Crippen molar-refractivity contribution in [2.24, 2.45) is 5.73 Å². The predicted molar refractivity (Wildman–Crippen MR) is 83.3 cm³/mol. The van der Waals surface area contributed by atoms with E-state index in [1.807, 2.05) is 25.1 Å². The second-order valence-electron chi connectivity index (χ2n) is 4.15. The Balaban J connectivity index is 2.29. The molecule has 0 radical (unpaired) electrons. The molecule has 0 spiro atoms. The highest BCUT2D eigenvalue weighted by atomic mass is 79.9. The molecular weight excluding hydrogens is 349 g/mol. The summed E-state index contributed by atoms with van der Waals surface area (Å²) in [7, 11) is 0. The first kappa shape index (κ1) is 14.7. The van der Waals surface area contributed by atoms with E-state index in [9.17, 15) is 0 Å². The molecule has 0 amide bonds. The third-order valence-electron chi connectivity index (χ3n) is 2.58. The molecule has 2 nitrogen and oxygen atoms in total. The van der Waals surface area contributed by atoms with Crippen LogP contribution in [0.1, 0.15) is 18.5 Å². The number of benzene rings is 2. The third-order valence-corrected chi connectivity index (χ3v) is 3.82. The summed E-state index contributed by atoms with van der Waals surface area (Å²) in [6.45, 7) is 1.93. The Morgan fingerprint density at radius 2 is 1.89 bits per heavy atom. The normalized spacial score (nSPS) is 12.3. The molecule has 2 rings (SSSR count). The standard InChI is InChI=1S/C14H12BrCl2NO/c1-8(18)11-4-3-10(7-12(11)15)19-14-6-9(16)2-5-13(14)17/h2-8H,18H2,1H3/t8-/m0/s1. The highest BCUT2D eigenvalue weighted by molar-refractivity contribution is 9.10.